The van der Waals surface area contributed by atoms with Crippen LogP contribution in [0.5, 0.6) is 0 Å². The van der Waals surface area contributed by atoms with E-state index in [2.05, 4.69) is 26.6 Å². The van der Waals surface area contributed by atoms with Crippen molar-refractivity contribution in [1.82, 2.24) is 14.9 Å². The van der Waals surface area contributed by atoms with Crippen LogP contribution in [0.25, 0.3) is 0 Å². The molecule has 2 fully saturated rings. The van der Waals surface area contributed by atoms with Gasteiger partial charge in [-0.3, -0.25) is 4.99 Å². The van der Waals surface area contributed by atoms with E-state index in [1.165, 1.54) is 6.26 Å². The number of hydrogen-bond acceptors (Lipinski definition) is 4. The third-order valence-corrected chi connectivity index (χ3v) is 6.71. The van der Waals surface area contributed by atoms with Crippen molar-refractivity contribution >= 4 is 57.2 Å². The van der Waals surface area contributed by atoms with Crippen LogP contribution in [-0.4, -0.2) is 70.8 Å². The average Bonchev–Trinajstić information content (AvgIpc) is 3.28. The number of sulfonamides is 1. The fourth-order valence-corrected chi connectivity index (χ4v) is 4.78. The minimum absolute atomic E-state index is 0. The number of benzene rings is 1. The molecule has 2 N–H and O–H groups in total. The number of aliphatic imine (C=N–C) groups is 1. The molecule has 1 aromatic rings. The van der Waals surface area contributed by atoms with Gasteiger partial charge in [-0.05, 0) is 37.0 Å². The molecule has 3 rings (SSSR count). The van der Waals surface area contributed by atoms with Crippen LogP contribution in [0.4, 0.5) is 5.69 Å². The summed E-state index contributed by atoms with van der Waals surface area (Å²) in [7, 11) is -1.33. The molecule has 2 saturated heterocycles. The summed E-state index contributed by atoms with van der Waals surface area (Å²) >= 11 is 6.10. The third-order valence-electron chi connectivity index (χ3n) is 5.20. The van der Waals surface area contributed by atoms with Gasteiger partial charge in [-0.15, -0.1) is 24.0 Å². The lowest BCUT2D eigenvalue weighted by atomic mass is 10.1. The second-order valence-electron chi connectivity index (χ2n) is 7.28. The molecule has 0 bridgehead atoms. The maximum atomic E-state index is 11.6. The Bertz CT molecular complexity index is 792. The molecule has 158 valence electrons. The number of rotatable bonds is 5. The van der Waals surface area contributed by atoms with Gasteiger partial charge in [0.1, 0.15) is 0 Å². The molecule has 0 radical (unpaired) electrons. The SMILES string of the molecule is CN=C(NCC1CCN(S(C)(=O)=O)C1)NC1CCN(c2cccc(Cl)c2)C1.I. The normalized spacial score (nSPS) is 23.5. The first-order valence-corrected chi connectivity index (χ1v) is 11.5. The molecule has 7 nitrogen and oxygen atoms in total. The van der Waals surface area contributed by atoms with Crippen molar-refractivity contribution < 1.29 is 8.42 Å². The first-order chi connectivity index (χ1) is 12.8. The van der Waals surface area contributed by atoms with Crippen LogP contribution < -0.4 is 15.5 Å². The third kappa shape index (κ3) is 6.36. The van der Waals surface area contributed by atoms with Gasteiger partial charge in [-0.25, -0.2) is 12.7 Å². The molecule has 1 aromatic carbocycles. The predicted molar refractivity (Wildman–Crippen MR) is 127 cm³/mol. The molecule has 0 spiro atoms. The van der Waals surface area contributed by atoms with Gasteiger partial charge >= 0.3 is 0 Å². The quantitative estimate of drug-likeness (QED) is 0.339. The molecular formula is C18H29ClIN5O2S. The highest BCUT2D eigenvalue weighted by atomic mass is 127. The second kappa shape index (κ2) is 10.3. The van der Waals surface area contributed by atoms with Crippen LogP contribution in [0, 0.1) is 5.92 Å². The zero-order valence-electron chi connectivity index (χ0n) is 16.3. The van der Waals surface area contributed by atoms with Crippen molar-refractivity contribution in [2.45, 2.75) is 18.9 Å². The van der Waals surface area contributed by atoms with E-state index in [0.29, 0.717) is 25.0 Å². The maximum absolute atomic E-state index is 11.6. The highest BCUT2D eigenvalue weighted by Crippen LogP contribution is 2.23. The Morgan fingerprint density at radius 3 is 2.71 bits per heavy atom. The van der Waals surface area contributed by atoms with E-state index in [-0.39, 0.29) is 24.0 Å². The Kier molecular flexibility index (Phi) is 8.65. The van der Waals surface area contributed by atoms with Gasteiger partial charge in [0.25, 0.3) is 0 Å². The van der Waals surface area contributed by atoms with Gasteiger partial charge in [-0.2, -0.15) is 0 Å². The maximum Gasteiger partial charge on any atom is 0.211 e. The Hall–Kier alpha value is -0.780. The number of anilines is 1. The van der Waals surface area contributed by atoms with E-state index in [0.717, 1.165) is 49.1 Å². The summed E-state index contributed by atoms with van der Waals surface area (Å²) in [6, 6.07) is 8.24. The smallest absolute Gasteiger partial charge is 0.211 e. The van der Waals surface area contributed by atoms with E-state index in [1.54, 1.807) is 11.4 Å². The number of nitrogens with zero attached hydrogens (tertiary/aromatic N) is 3. The lowest BCUT2D eigenvalue weighted by molar-refractivity contribution is 0.458. The van der Waals surface area contributed by atoms with E-state index >= 15 is 0 Å². The van der Waals surface area contributed by atoms with Crippen LogP contribution in [-0.2, 0) is 10.0 Å². The van der Waals surface area contributed by atoms with Crippen molar-refractivity contribution in [2.24, 2.45) is 10.9 Å². The second-order valence-corrected chi connectivity index (χ2v) is 9.70. The van der Waals surface area contributed by atoms with Gasteiger partial charge in [0.15, 0.2) is 5.96 Å². The first kappa shape index (κ1) is 23.5. The van der Waals surface area contributed by atoms with E-state index in [9.17, 15) is 8.42 Å². The molecule has 0 saturated carbocycles. The van der Waals surface area contributed by atoms with Gasteiger partial charge in [0, 0.05) is 56.5 Å². The molecule has 0 aromatic heterocycles. The average molecular weight is 542 g/mol. The van der Waals surface area contributed by atoms with Crippen LogP contribution in [0.2, 0.25) is 5.02 Å². The number of halogens is 2. The largest absolute Gasteiger partial charge is 0.369 e. The zero-order valence-corrected chi connectivity index (χ0v) is 20.2. The fourth-order valence-electron chi connectivity index (χ4n) is 3.68. The lowest BCUT2D eigenvalue weighted by Crippen LogP contribution is -2.46. The van der Waals surface area contributed by atoms with Crippen LogP contribution in [0.1, 0.15) is 12.8 Å². The summed E-state index contributed by atoms with van der Waals surface area (Å²) in [6.07, 6.45) is 3.18. The fraction of sp³-hybridized carbons (Fsp3) is 0.611. The summed E-state index contributed by atoms with van der Waals surface area (Å²) in [5.41, 5.74) is 1.14. The summed E-state index contributed by atoms with van der Waals surface area (Å²) in [4.78, 5) is 6.63. The van der Waals surface area contributed by atoms with Gasteiger partial charge < -0.3 is 15.5 Å². The molecule has 2 aliphatic heterocycles. The zero-order chi connectivity index (χ0) is 19.4. The van der Waals surface area contributed by atoms with Gasteiger partial charge in [0.05, 0.1) is 6.26 Å². The number of guanidine groups is 1. The summed E-state index contributed by atoms with van der Waals surface area (Å²) in [5.74, 6) is 1.08. The van der Waals surface area contributed by atoms with Crippen molar-refractivity contribution in [3.63, 3.8) is 0 Å². The van der Waals surface area contributed by atoms with E-state index in [1.807, 2.05) is 18.2 Å². The Balaban J connectivity index is 0.00000280. The lowest BCUT2D eigenvalue weighted by Gasteiger charge is -2.21. The van der Waals surface area contributed by atoms with Crippen molar-refractivity contribution in [1.29, 1.82) is 0 Å². The molecule has 2 atom stereocenters. The minimum Gasteiger partial charge on any atom is -0.369 e. The van der Waals surface area contributed by atoms with Crippen LogP contribution >= 0.6 is 35.6 Å². The summed E-state index contributed by atoms with van der Waals surface area (Å²) < 4.78 is 24.8. The molecule has 2 heterocycles. The Morgan fingerprint density at radius 1 is 1.29 bits per heavy atom. The Morgan fingerprint density at radius 2 is 2.07 bits per heavy atom. The van der Waals surface area contributed by atoms with Crippen molar-refractivity contribution in [3.05, 3.63) is 29.3 Å². The van der Waals surface area contributed by atoms with Crippen molar-refractivity contribution in [3.8, 4) is 0 Å². The molecule has 2 unspecified atom stereocenters. The molecular weight excluding hydrogens is 513 g/mol. The summed E-state index contributed by atoms with van der Waals surface area (Å²) in [5, 5.41) is 7.58. The van der Waals surface area contributed by atoms with Gasteiger partial charge in [0.2, 0.25) is 10.0 Å². The van der Waals surface area contributed by atoms with Crippen molar-refractivity contribution in [2.75, 3.05) is 50.9 Å². The molecule has 2 aliphatic rings. The van der Waals surface area contributed by atoms with Crippen LogP contribution in [0.3, 0.4) is 0 Å². The predicted octanol–water partition coefficient (Wildman–Crippen LogP) is 1.98. The van der Waals surface area contributed by atoms with E-state index < -0.39 is 10.0 Å². The molecule has 28 heavy (non-hydrogen) atoms. The van der Waals surface area contributed by atoms with Gasteiger partial charge in [-0.1, -0.05) is 17.7 Å². The Labute approximate surface area is 190 Å². The molecule has 0 amide bonds. The first-order valence-electron chi connectivity index (χ1n) is 9.28. The summed E-state index contributed by atoms with van der Waals surface area (Å²) in [6.45, 7) is 3.77. The monoisotopic (exact) mass is 541 g/mol. The standard InChI is InChI=1S/C18H28ClN5O2S.HI/c1-20-18(21-11-14-6-9-24(12-14)27(2,25)26)22-16-7-8-23(13-16)17-5-3-4-15(19)10-17;/h3-5,10,14,16H,6-9,11-13H2,1-2H3,(H2,20,21,22);1H. The molecule has 0 aliphatic carbocycles. The number of hydrogen-bond donors (Lipinski definition) is 2. The van der Waals surface area contributed by atoms with Crippen LogP contribution in [0.15, 0.2) is 29.3 Å². The highest BCUT2D eigenvalue weighted by Gasteiger charge is 2.29. The minimum atomic E-state index is -3.09. The molecule has 10 heteroatoms. The number of nitrogens with one attached hydrogen (secondary N) is 2. The van der Waals surface area contributed by atoms with E-state index in [4.69, 9.17) is 11.6 Å². The highest BCUT2D eigenvalue weighted by molar-refractivity contribution is 14.0. The topological polar surface area (TPSA) is 77.0 Å².